The molecule has 2 nitrogen and oxygen atoms in total. The summed E-state index contributed by atoms with van der Waals surface area (Å²) in [5.74, 6) is 0.0934. The van der Waals surface area contributed by atoms with Crippen LogP contribution in [-0.2, 0) is 18.4 Å². The molecular weight excluding hydrogens is 342 g/mol. The van der Waals surface area contributed by atoms with Crippen molar-refractivity contribution in [2.75, 3.05) is 20.1 Å². The third kappa shape index (κ3) is 5.31. The predicted octanol–water partition coefficient (Wildman–Crippen LogP) is 4.93. The lowest BCUT2D eigenvalue weighted by molar-refractivity contribution is -0.0274. The Labute approximate surface area is 169 Å². The third-order valence-corrected chi connectivity index (χ3v) is 5.62. The minimum Gasteiger partial charge on any atom is -0.384 e. The van der Waals surface area contributed by atoms with Crippen molar-refractivity contribution in [3.05, 3.63) is 108 Å². The molecule has 0 saturated carbocycles. The van der Waals surface area contributed by atoms with Gasteiger partial charge in [0.1, 0.15) is 0 Å². The van der Waals surface area contributed by atoms with E-state index < -0.39 is 5.60 Å². The summed E-state index contributed by atoms with van der Waals surface area (Å²) in [7, 11) is 2.15. The highest BCUT2D eigenvalue weighted by Crippen LogP contribution is 2.34. The lowest BCUT2D eigenvalue weighted by Gasteiger charge is -2.37. The Bertz CT molecular complexity index is 819. The molecule has 0 heterocycles. The topological polar surface area (TPSA) is 23.5 Å². The monoisotopic (exact) mass is 373 g/mol. The number of hydrogen-bond acceptors (Lipinski definition) is 2. The van der Waals surface area contributed by atoms with E-state index in [4.69, 9.17) is 0 Å². The summed E-state index contributed by atoms with van der Waals surface area (Å²) in [6.45, 7) is 3.98. The van der Waals surface area contributed by atoms with E-state index in [1.54, 1.807) is 0 Å². The van der Waals surface area contributed by atoms with Gasteiger partial charge >= 0.3 is 0 Å². The van der Waals surface area contributed by atoms with E-state index in [0.717, 1.165) is 30.6 Å². The summed E-state index contributed by atoms with van der Waals surface area (Å²) in [6.07, 6.45) is 1.64. The fourth-order valence-electron chi connectivity index (χ4n) is 3.87. The molecule has 0 aliphatic heterocycles. The standard InChI is InChI=1S/C26H31NO/c1-22(21-27(2)19-18-23-12-6-3-7-13-23)26(28,25-16-10-5-11-17-25)20-24-14-8-4-9-15-24/h3-17,22,28H,18-21H2,1-2H3/t22-,26+/m1/s1. The van der Waals surface area contributed by atoms with Crippen LogP contribution < -0.4 is 0 Å². The van der Waals surface area contributed by atoms with Gasteiger partial charge in [0.25, 0.3) is 0 Å². The summed E-state index contributed by atoms with van der Waals surface area (Å²) < 4.78 is 0. The van der Waals surface area contributed by atoms with Gasteiger partial charge < -0.3 is 10.0 Å². The maximum atomic E-state index is 11.8. The number of rotatable bonds is 9. The zero-order chi connectivity index (χ0) is 19.8. The zero-order valence-electron chi connectivity index (χ0n) is 17.0. The number of likely N-dealkylation sites (N-methyl/N-ethyl adjacent to an activating group) is 1. The molecule has 3 rings (SSSR count). The summed E-state index contributed by atoms with van der Waals surface area (Å²) in [4.78, 5) is 2.33. The molecule has 0 aromatic heterocycles. The smallest absolute Gasteiger partial charge is 0.0974 e. The fourth-order valence-corrected chi connectivity index (χ4v) is 3.87. The molecule has 28 heavy (non-hydrogen) atoms. The maximum Gasteiger partial charge on any atom is 0.0974 e. The highest BCUT2D eigenvalue weighted by molar-refractivity contribution is 5.28. The Kier molecular flexibility index (Phi) is 7.02. The molecular formula is C26H31NO. The van der Waals surface area contributed by atoms with Crippen molar-refractivity contribution >= 4 is 0 Å². The molecule has 0 bridgehead atoms. The predicted molar refractivity (Wildman–Crippen MR) is 117 cm³/mol. The molecule has 0 unspecified atom stereocenters. The minimum atomic E-state index is -0.899. The molecule has 3 aromatic carbocycles. The highest BCUT2D eigenvalue weighted by atomic mass is 16.3. The first-order valence-corrected chi connectivity index (χ1v) is 10.1. The average molecular weight is 374 g/mol. The van der Waals surface area contributed by atoms with Crippen molar-refractivity contribution < 1.29 is 5.11 Å². The van der Waals surface area contributed by atoms with Gasteiger partial charge in [-0.05, 0) is 30.2 Å². The summed E-state index contributed by atoms with van der Waals surface area (Å²) in [5, 5.41) is 11.8. The Balaban J connectivity index is 1.72. The molecule has 2 atom stereocenters. The van der Waals surface area contributed by atoms with E-state index in [9.17, 15) is 5.11 Å². The summed E-state index contributed by atoms with van der Waals surface area (Å²) in [6, 6.07) is 31.0. The van der Waals surface area contributed by atoms with Crippen LogP contribution in [0.1, 0.15) is 23.6 Å². The third-order valence-electron chi connectivity index (χ3n) is 5.62. The zero-order valence-corrected chi connectivity index (χ0v) is 17.0. The van der Waals surface area contributed by atoms with Crippen LogP contribution in [-0.4, -0.2) is 30.1 Å². The largest absolute Gasteiger partial charge is 0.384 e. The van der Waals surface area contributed by atoms with Crippen molar-refractivity contribution in [3.63, 3.8) is 0 Å². The minimum absolute atomic E-state index is 0.0934. The fraction of sp³-hybridized carbons (Fsp3) is 0.308. The number of nitrogens with zero attached hydrogens (tertiary/aromatic N) is 1. The molecule has 0 aliphatic carbocycles. The van der Waals surface area contributed by atoms with Crippen LogP contribution in [0.25, 0.3) is 0 Å². The van der Waals surface area contributed by atoms with Gasteiger partial charge in [-0.25, -0.2) is 0 Å². The van der Waals surface area contributed by atoms with Crippen LogP contribution in [0.3, 0.4) is 0 Å². The second-order valence-corrected chi connectivity index (χ2v) is 7.85. The Morgan fingerprint density at radius 1 is 0.786 bits per heavy atom. The van der Waals surface area contributed by atoms with Crippen molar-refractivity contribution in [2.24, 2.45) is 5.92 Å². The van der Waals surface area contributed by atoms with Gasteiger partial charge in [0, 0.05) is 25.4 Å². The van der Waals surface area contributed by atoms with Crippen LogP contribution in [0, 0.1) is 5.92 Å². The van der Waals surface area contributed by atoms with E-state index in [2.05, 4.69) is 61.3 Å². The first-order valence-electron chi connectivity index (χ1n) is 10.1. The molecule has 0 fully saturated rings. The van der Waals surface area contributed by atoms with Crippen molar-refractivity contribution in [1.29, 1.82) is 0 Å². The van der Waals surface area contributed by atoms with E-state index >= 15 is 0 Å². The van der Waals surface area contributed by atoms with E-state index in [-0.39, 0.29) is 5.92 Å². The van der Waals surface area contributed by atoms with Gasteiger partial charge in [-0.3, -0.25) is 0 Å². The lowest BCUT2D eigenvalue weighted by atomic mass is 9.77. The van der Waals surface area contributed by atoms with Crippen molar-refractivity contribution in [1.82, 2.24) is 4.90 Å². The molecule has 0 amide bonds. The van der Waals surface area contributed by atoms with Crippen LogP contribution in [0.4, 0.5) is 0 Å². The highest BCUT2D eigenvalue weighted by Gasteiger charge is 2.36. The van der Waals surface area contributed by atoms with Crippen LogP contribution >= 0.6 is 0 Å². The molecule has 146 valence electrons. The summed E-state index contributed by atoms with van der Waals surface area (Å²) >= 11 is 0. The second-order valence-electron chi connectivity index (χ2n) is 7.85. The van der Waals surface area contributed by atoms with E-state index in [0.29, 0.717) is 6.42 Å². The van der Waals surface area contributed by atoms with Gasteiger partial charge in [0.2, 0.25) is 0 Å². The first kappa shape index (κ1) is 20.3. The van der Waals surface area contributed by atoms with Crippen LogP contribution in [0.5, 0.6) is 0 Å². The number of benzene rings is 3. The Morgan fingerprint density at radius 3 is 1.86 bits per heavy atom. The van der Waals surface area contributed by atoms with Crippen LogP contribution in [0.15, 0.2) is 91.0 Å². The maximum absolute atomic E-state index is 11.8. The SMILES string of the molecule is C[C@H](CN(C)CCc1ccccc1)[C@@](O)(Cc1ccccc1)c1ccccc1. The van der Waals surface area contributed by atoms with Gasteiger partial charge in [-0.1, -0.05) is 97.9 Å². The number of aliphatic hydroxyl groups is 1. The Hall–Kier alpha value is -2.42. The lowest BCUT2D eigenvalue weighted by Crippen LogP contribution is -2.42. The van der Waals surface area contributed by atoms with E-state index in [1.807, 2.05) is 48.5 Å². The van der Waals surface area contributed by atoms with Crippen LogP contribution in [0.2, 0.25) is 0 Å². The molecule has 0 radical (unpaired) electrons. The molecule has 0 saturated heterocycles. The summed E-state index contributed by atoms with van der Waals surface area (Å²) in [5.41, 5.74) is 2.60. The van der Waals surface area contributed by atoms with Gasteiger partial charge in [0.15, 0.2) is 0 Å². The Morgan fingerprint density at radius 2 is 1.29 bits per heavy atom. The number of hydrogen-bond donors (Lipinski definition) is 1. The normalized spacial score (nSPS) is 14.6. The molecule has 1 N–H and O–H groups in total. The molecule has 0 aliphatic rings. The van der Waals surface area contributed by atoms with Gasteiger partial charge in [-0.15, -0.1) is 0 Å². The van der Waals surface area contributed by atoms with Crippen molar-refractivity contribution in [2.45, 2.75) is 25.4 Å². The first-order chi connectivity index (χ1) is 13.6. The molecule has 2 heteroatoms. The van der Waals surface area contributed by atoms with E-state index in [1.165, 1.54) is 5.56 Å². The second kappa shape index (κ2) is 9.68. The quantitative estimate of drug-likeness (QED) is 0.575. The van der Waals surface area contributed by atoms with Gasteiger partial charge in [-0.2, -0.15) is 0 Å². The average Bonchev–Trinajstić information content (AvgIpc) is 2.74. The van der Waals surface area contributed by atoms with Crippen molar-refractivity contribution in [3.8, 4) is 0 Å². The van der Waals surface area contributed by atoms with Gasteiger partial charge in [0.05, 0.1) is 5.60 Å². The molecule has 3 aromatic rings. The molecule has 0 spiro atoms.